The van der Waals surface area contributed by atoms with Crippen LogP contribution in [-0.4, -0.2) is 67.7 Å². The Bertz CT molecular complexity index is 959. The van der Waals surface area contributed by atoms with E-state index in [1.54, 1.807) is 28.0 Å². The maximum Gasteiger partial charge on any atom is 0.329 e. The summed E-state index contributed by atoms with van der Waals surface area (Å²) in [5, 5.41) is 0. The van der Waals surface area contributed by atoms with Crippen molar-refractivity contribution in [1.82, 2.24) is 9.80 Å². The van der Waals surface area contributed by atoms with Gasteiger partial charge in [0.05, 0.1) is 0 Å². The third-order valence-electron chi connectivity index (χ3n) is 5.87. The highest BCUT2D eigenvalue weighted by atomic mass is 32.2. The van der Waals surface area contributed by atoms with Gasteiger partial charge in [0.25, 0.3) is 15.9 Å². The van der Waals surface area contributed by atoms with Crippen molar-refractivity contribution in [2.45, 2.75) is 56.0 Å². The smallest absolute Gasteiger partial charge is 0.329 e. The number of ether oxygens (including phenoxy) is 1. The van der Waals surface area contributed by atoms with Gasteiger partial charge in [0.15, 0.2) is 12.4 Å². The van der Waals surface area contributed by atoms with Gasteiger partial charge in [-0.1, -0.05) is 12.1 Å². The summed E-state index contributed by atoms with van der Waals surface area (Å²) in [5.74, 6) is -0.401. The van der Waals surface area contributed by atoms with Gasteiger partial charge < -0.3 is 14.5 Å². The Balaban J connectivity index is 1.45. The molecule has 3 aliphatic rings. The number of amidine groups is 1. The van der Waals surface area contributed by atoms with E-state index in [-0.39, 0.29) is 29.3 Å². The van der Waals surface area contributed by atoms with Gasteiger partial charge in [-0.15, -0.1) is 4.40 Å². The van der Waals surface area contributed by atoms with Crippen LogP contribution in [0.2, 0.25) is 0 Å². The molecule has 1 aromatic carbocycles. The summed E-state index contributed by atoms with van der Waals surface area (Å²) in [7, 11) is -3.75. The van der Waals surface area contributed by atoms with Gasteiger partial charge >= 0.3 is 5.97 Å². The number of piperidine rings is 1. The Kier molecular flexibility index (Phi) is 5.33. The number of amides is 1. The van der Waals surface area contributed by atoms with Crippen LogP contribution in [0.4, 0.5) is 0 Å². The lowest BCUT2D eigenvalue weighted by Gasteiger charge is -2.33. The normalized spacial score (nSPS) is 25.5. The molecule has 0 spiro atoms. The molecule has 2 atom stereocenters. The van der Waals surface area contributed by atoms with Gasteiger partial charge in [-0.05, 0) is 51.2 Å². The van der Waals surface area contributed by atoms with E-state index in [0.717, 1.165) is 25.7 Å². The largest absolute Gasteiger partial charge is 0.454 e. The summed E-state index contributed by atoms with van der Waals surface area (Å²) in [6.45, 7) is 2.93. The molecule has 3 aliphatic heterocycles. The van der Waals surface area contributed by atoms with Gasteiger partial charge in [0, 0.05) is 24.7 Å². The Morgan fingerprint density at radius 3 is 2.72 bits per heavy atom. The minimum absolute atomic E-state index is 0.156. The molecule has 2 saturated heterocycles. The number of carbonyl (C=O) groups excluding carboxylic acids is 2. The molecule has 0 N–H and O–H groups in total. The third-order valence-corrected chi connectivity index (χ3v) is 7.20. The number of nitrogens with zero attached hydrogens (tertiary/aromatic N) is 3. The Hall–Kier alpha value is -2.42. The van der Waals surface area contributed by atoms with Crippen LogP contribution in [-0.2, 0) is 24.3 Å². The molecule has 156 valence electrons. The van der Waals surface area contributed by atoms with Crippen LogP contribution >= 0.6 is 0 Å². The zero-order valence-electron chi connectivity index (χ0n) is 16.4. The van der Waals surface area contributed by atoms with Crippen molar-refractivity contribution < 1.29 is 22.7 Å². The molecular formula is C20H25N3O5S. The predicted molar refractivity (Wildman–Crippen MR) is 106 cm³/mol. The van der Waals surface area contributed by atoms with E-state index in [4.69, 9.17) is 4.74 Å². The monoisotopic (exact) mass is 419 g/mol. The number of benzene rings is 1. The highest BCUT2D eigenvalue weighted by Gasteiger charge is 2.40. The predicted octanol–water partition coefficient (Wildman–Crippen LogP) is 1.54. The molecule has 8 nitrogen and oxygen atoms in total. The van der Waals surface area contributed by atoms with Crippen LogP contribution in [0.25, 0.3) is 0 Å². The molecule has 0 unspecified atom stereocenters. The minimum atomic E-state index is -3.75. The van der Waals surface area contributed by atoms with E-state index < -0.39 is 22.0 Å². The van der Waals surface area contributed by atoms with E-state index in [1.165, 1.54) is 6.07 Å². The zero-order valence-corrected chi connectivity index (χ0v) is 17.2. The van der Waals surface area contributed by atoms with Crippen molar-refractivity contribution in [1.29, 1.82) is 0 Å². The zero-order chi connectivity index (χ0) is 20.6. The molecule has 1 aromatic rings. The average molecular weight is 420 g/mol. The van der Waals surface area contributed by atoms with Gasteiger partial charge in [0.1, 0.15) is 10.9 Å². The summed E-state index contributed by atoms with van der Waals surface area (Å²) >= 11 is 0. The van der Waals surface area contributed by atoms with Crippen molar-refractivity contribution in [2.24, 2.45) is 4.40 Å². The second-order valence-electron chi connectivity index (χ2n) is 7.78. The standard InChI is InChI=1S/C20H25N3O5S/c1-14-7-4-5-11-22(14)18(24)13-28-20(25)16-9-6-12-23(16)19-15-8-2-3-10-17(15)29(26,27)21-19/h2-3,8,10,14,16H,4-7,9,11-13H2,1H3/t14-,16-/m0/s1. The van der Waals surface area contributed by atoms with Gasteiger partial charge in [-0.25, -0.2) is 4.79 Å². The fourth-order valence-electron chi connectivity index (χ4n) is 4.34. The summed E-state index contributed by atoms with van der Waals surface area (Å²) in [4.78, 5) is 28.8. The second-order valence-corrected chi connectivity index (χ2v) is 9.35. The maximum atomic E-state index is 12.7. The molecule has 1 amide bonds. The van der Waals surface area contributed by atoms with Crippen molar-refractivity contribution >= 4 is 27.7 Å². The van der Waals surface area contributed by atoms with Crippen LogP contribution in [0.15, 0.2) is 33.6 Å². The van der Waals surface area contributed by atoms with E-state index in [2.05, 4.69) is 4.40 Å². The minimum Gasteiger partial charge on any atom is -0.454 e. The number of esters is 1. The molecule has 0 aromatic heterocycles. The summed E-state index contributed by atoms with van der Waals surface area (Å²) < 4.78 is 33.9. The number of hydrogen-bond donors (Lipinski definition) is 0. The lowest BCUT2D eigenvalue weighted by atomic mass is 10.0. The molecule has 4 rings (SSSR count). The molecule has 0 bridgehead atoms. The topological polar surface area (TPSA) is 96.3 Å². The van der Waals surface area contributed by atoms with E-state index >= 15 is 0 Å². The van der Waals surface area contributed by atoms with E-state index in [1.807, 2.05) is 6.92 Å². The number of rotatable bonds is 3. The van der Waals surface area contributed by atoms with Crippen molar-refractivity contribution in [3.8, 4) is 0 Å². The first kappa shape index (κ1) is 19.9. The lowest BCUT2D eigenvalue weighted by molar-refractivity contribution is -0.156. The quantitative estimate of drug-likeness (QED) is 0.690. The van der Waals surface area contributed by atoms with Crippen LogP contribution in [0.1, 0.15) is 44.6 Å². The number of hydrogen-bond acceptors (Lipinski definition) is 6. The molecule has 9 heteroatoms. The van der Waals surface area contributed by atoms with Gasteiger partial charge in [0.2, 0.25) is 0 Å². The molecule has 3 heterocycles. The number of sulfonamides is 1. The third kappa shape index (κ3) is 3.75. The summed E-state index contributed by atoms with van der Waals surface area (Å²) in [6, 6.07) is 6.13. The van der Waals surface area contributed by atoms with Crippen molar-refractivity contribution in [3.63, 3.8) is 0 Å². The molecule has 2 fully saturated rings. The summed E-state index contributed by atoms with van der Waals surface area (Å²) in [6.07, 6.45) is 4.29. The SMILES string of the molecule is C[C@H]1CCCCN1C(=O)COC(=O)[C@@H]1CCCN1C1=NS(=O)(=O)c2ccccc21. The first-order valence-corrected chi connectivity index (χ1v) is 11.5. The first-order chi connectivity index (χ1) is 13.9. The Morgan fingerprint density at radius 2 is 1.93 bits per heavy atom. The molecular weight excluding hydrogens is 394 g/mol. The number of likely N-dealkylation sites (tertiary alicyclic amines) is 2. The Labute approximate surface area is 170 Å². The fourth-order valence-corrected chi connectivity index (χ4v) is 5.56. The molecule has 0 aliphatic carbocycles. The van der Waals surface area contributed by atoms with Gasteiger partial charge in [-0.2, -0.15) is 8.42 Å². The van der Waals surface area contributed by atoms with Crippen LogP contribution in [0.5, 0.6) is 0 Å². The number of carbonyl (C=O) groups is 2. The molecule has 29 heavy (non-hydrogen) atoms. The van der Waals surface area contributed by atoms with E-state index in [9.17, 15) is 18.0 Å². The van der Waals surface area contributed by atoms with Crippen LogP contribution in [0.3, 0.4) is 0 Å². The van der Waals surface area contributed by atoms with Crippen LogP contribution in [0, 0.1) is 0 Å². The average Bonchev–Trinajstić information content (AvgIpc) is 3.29. The van der Waals surface area contributed by atoms with Crippen molar-refractivity contribution in [2.75, 3.05) is 19.7 Å². The van der Waals surface area contributed by atoms with Gasteiger partial charge in [-0.3, -0.25) is 4.79 Å². The second kappa shape index (κ2) is 7.78. The first-order valence-electron chi connectivity index (χ1n) is 10.1. The fraction of sp³-hybridized carbons (Fsp3) is 0.550. The molecule has 0 radical (unpaired) electrons. The highest BCUT2D eigenvalue weighted by Crippen LogP contribution is 2.31. The van der Waals surface area contributed by atoms with E-state index in [0.29, 0.717) is 25.1 Å². The van der Waals surface area contributed by atoms with Crippen LogP contribution < -0.4 is 0 Å². The number of fused-ring (bicyclic) bond motifs is 1. The highest BCUT2D eigenvalue weighted by molar-refractivity contribution is 7.90. The Morgan fingerprint density at radius 1 is 1.14 bits per heavy atom. The van der Waals surface area contributed by atoms with Crippen molar-refractivity contribution in [3.05, 3.63) is 29.8 Å². The molecule has 0 saturated carbocycles. The summed E-state index contributed by atoms with van der Waals surface area (Å²) in [5.41, 5.74) is 0.505. The lowest BCUT2D eigenvalue weighted by Crippen LogP contribution is -2.46. The maximum absolute atomic E-state index is 12.7.